The average molecular weight is 198 g/mol. The molecule has 1 nitrogen and oxygen atoms in total. The Labute approximate surface area is 83.8 Å². The molecule has 0 saturated carbocycles. The van der Waals surface area contributed by atoms with Crippen LogP contribution in [0.15, 0.2) is 0 Å². The van der Waals surface area contributed by atoms with Crippen molar-refractivity contribution in [2.24, 2.45) is 0 Å². The van der Waals surface area contributed by atoms with Crippen molar-refractivity contribution in [2.45, 2.75) is 34.6 Å². The van der Waals surface area contributed by atoms with Crippen molar-refractivity contribution >= 4 is 9.90 Å². The van der Waals surface area contributed by atoms with Crippen molar-refractivity contribution in [1.29, 1.82) is 0 Å². The van der Waals surface area contributed by atoms with Crippen LogP contribution >= 0.6 is 9.90 Å². The van der Waals surface area contributed by atoms with Gasteiger partial charge in [-0.2, -0.15) is 9.90 Å². The summed E-state index contributed by atoms with van der Waals surface area (Å²) < 4.78 is 0. The smallest absolute Gasteiger partial charge is 0.121 e. The molecule has 1 unspecified atom stereocenters. The molecule has 0 aromatic heterocycles. The van der Waals surface area contributed by atoms with Crippen LogP contribution in [0.3, 0.4) is 0 Å². The van der Waals surface area contributed by atoms with Crippen LogP contribution in [0.4, 0.5) is 0 Å². The lowest BCUT2D eigenvalue weighted by molar-refractivity contribution is 0.465. The molecule has 1 aromatic rings. The number of rotatable bonds is 0. The number of phenolic OH excluding ortho intramolecular Hbond substituents is 1. The Morgan fingerprint density at radius 1 is 0.615 bits per heavy atom. The molecule has 2 heteroatoms. The van der Waals surface area contributed by atoms with Gasteiger partial charge in [0.05, 0.1) is 0 Å². The zero-order valence-electron chi connectivity index (χ0n) is 9.15. The van der Waals surface area contributed by atoms with Crippen LogP contribution in [0, 0.1) is 34.6 Å². The molecule has 0 aliphatic rings. The molecule has 1 rings (SSSR count). The van der Waals surface area contributed by atoms with Crippen molar-refractivity contribution < 1.29 is 5.11 Å². The molecule has 0 fully saturated rings. The van der Waals surface area contributed by atoms with Crippen LogP contribution in [0.1, 0.15) is 27.8 Å². The molecule has 0 bridgehead atoms. The third-order valence-corrected chi connectivity index (χ3v) is 2.96. The van der Waals surface area contributed by atoms with Crippen LogP contribution in [0.25, 0.3) is 0 Å². The summed E-state index contributed by atoms with van der Waals surface area (Å²) in [6, 6.07) is 0. The molecule has 0 spiro atoms. The summed E-state index contributed by atoms with van der Waals surface area (Å²) in [6.07, 6.45) is 0. The van der Waals surface area contributed by atoms with E-state index in [1.807, 2.05) is 13.8 Å². The maximum atomic E-state index is 9.69. The first-order valence-corrected chi connectivity index (χ1v) is 4.22. The van der Waals surface area contributed by atoms with Crippen molar-refractivity contribution in [3.63, 3.8) is 0 Å². The summed E-state index contributed by atoms with van der Waals surface area (Å²) >= 11 is 0. The summed E-state index contributed by atoms with van der Waals surface area (Å²) in [6.45, 7) is 10.1. The largest absolute Gasteiger partial charge is 0.507 e. The number of hydrogen-bond acceptors (Lipinski definition) is 1. The summed E-state index contributed by atoms with van der Waals surface area (Å²) in [5, 5.41) is 9.69. The van der Waals surface area contributed by atoms with E-state index in [1.54, 1.807) is 0 Å². The topological polar surface area (TPSA) is 20.2 Å². The van der Waals surface area contributed by atoms with E-state index in [0.717, 1.165) is 11.1 Å². The molecule has 0 aliphatic heterocycles. The molecule has 1 N–H and O–H groups in total. The van der Waals surface area contributed by atoms with Gasteiger partial charge in [0.1, 0.15) is 5.75 Å². The van der Waals surface area contributed by atoms with Crippen molar-refractivity contribution in [2.75, 3.05) is 0 Å². The SMILES string of the molecule is Cc1c(C)c(C)c(O)c(C)c1C.P. The Balaban J connectivity index is 0.00000144. The number of aromatic hydroxyl groups is 1. The van der Waals surface area contributed by atoms with E-state index in [4.69, 9.17) is 0 Å². The summed E-state index contributed by atoms with van der Waals surface area (Å²) in [5.74, 6) is 0.454. The molecule has 13 heavy (non-hydrogen) atoms. The highest BCUT2D eigenvalue weighted by Gasteiger charge is 2.09. The van der Waals surface area contributed by atoms with Crippen LogP contribution in [-0.4, -0.2) is 5.11 Å². The Hall–Kier alpha value is -0.550. The van der Waals surface area contributed by atoms with Crippen molar-refractivity contribution in [3.8, 4) is 5.75 Å². The van der Waals surface area contributed by atoms with Gasteiger partial charge in [0.15, 0.2) is 0 Å². The van der Waals surface area contributed by atoms with Gasteiger partial charge in [-0.25, -0.2) is 0 Å². The molecule has 0 amide bonds. The van der Waals surface area contributed by atoms with E-state index in [1.165, 1.54) is 16.7 Å². The quantitative estimate of drug-likeness (QED) is 0.635. The first-order valence-electron chi connectivity index (χ1n) is 4.22. The first kappa shape index (κ1) is 12.4. The van der Waals surface area contributed by atoms with Gasteiger partial charge in [-0.1, -0.05) is 0 Å². The summed E-state index contributed by atoms with van der Waals surface area (Å²) in [7, 11) is 0. The lowest BCUT2D eigenvalue weighted by atomic mass is 9.94. The second-order valence-corrected chi connectivity index (χ2v) is 3.47. The molecule has 0 saturated heterocycles. The van der Waals surface area contributed by atoms with Gasteiger partial charge in [-0.15, -0.1) is 0 Å². The minimum absolute atomic E-state index is 0. The second kappa shape index (κ2) is 4.11. The molecule has 1 aromatic carbocycles. The Morgan fingerprint density at radius 3 is 1.15 bits per heavy atom. The number of benzene rings is 1. The maximum Gasteiger partial charge on any atom is 0.121 e. The lowest BCUT2D eigenvalue weighted by Crippen LogP contribution is -1.95. The highest BCUT2D eigenvalue weighted by Crippen LogP contribution is 2.30. The van der Waals surface area contributed by atoms with E-state index in [0.29, 0.717) is 5.75 Å². The molecule has 1 atom stereocenters. The second-order valence-electron chi connectivity index (χ2n) is 3.47. The summed E-state index contributed by atoms with van der Waals surface area (Å²) in [5.41, 5.74) is 5.72. The van der Waals surface area contributed by atoms with E-state index < -0.39 is 0 Å². The minimum atomic E-state index is 0. The van der Waals surface area contributed by atoms with E-state index in [9.17, 15) is 5.11 Å². The van der Waals surface area contributed by atoms with E-state index in [2.05, 4.69) is 20.8 Å². The van der Waals surface area contributed by atoms with Crippen molar-refractivity contribution in [1.82, 2.24) is 0 Å². The fourth-order valence-corrected chi connectivity index (χ4v) is 1.48. The molecule has 0 heterocycles. The monoisotopic (exact) mass is 198 g/mol. The fourth-order valence-electron chi connectivity index (χ4n) is 1.48. The standard InChI is InChI=1S/C11H16O.H3P/c1-6-7(2)9(4)11(12)10(5)8(6)3;/h12H,1-5H3;1H3. The Bertz CT molecular complexity index is 224. The van der Waals surface area contributed by atoms with Gasteiger partial charge in [0.2, 0.25) is 0 Å². The van der Waals surface area contributed by atoms with E-state index in [-0.39, 0.29) is 9.90 Å². The molecule has 0 radical (unpaired) electrons. The number of phenols is 1. The predicted octanol–water partition coefficient (Wildman–Crippen LogP) is 2.99. The fraction of sp³-hybridized carbons (Fsp3) is 0.455. The molecular formula is C11H19OP. The normalized spacial score (nSPS) is 9.62. The Morgan fingerprint density at radius 2 is 0.846 bits per heavy atom. The minimum Gasteiger partial charge on any atom is -0.507 e. The van der Waals surface area contributed by atoms with Gasteiger partial charge in [-0.05, 0) is 62.4 Å². The highest BCUT2D eigenvalue weighted by atomic mass is 31.0. The van der Waals surface area contributed by atoms with Crippen LogP contribution < -0.4 is 0 Å². The molecule has 74 valence electrons. The zero-order valence-corrected chi connectivity index (χ0v) is 10.6. The third kappa shape index (κ3) is 1.86. The van der Waals surface area contributed by atoms with Gasteiger partial charge in [-0.3, -0.25) is 0 Å². The summed E-state index contributed by atoms with van der Waals surface area (Å²) in [4.78, 5) is 0. The maximum absolute atomic E-state index is 9.69. The van der Waals surface area contributed by atoms with Gasteiger partial charge < -0.3 is 5.11 Å². The van der Waals surface area contributed by atoms with Gasteiger partial charge >= 0.3 is 0 Å². The molecular weight excluding hydrogens is 179 g/mol. The van der Waals surface area contributed by atoms with Crippen LogP contribution in [0.2, 0.25) is 0 Å². The average Bonchev–Trinajstić information content (AvgIpc) is 2.08. The first-order chi connectivity index (χ1) is 5.46. The van der Waals surface area contributed by atoms with Gasteiger partial charge in [0, 0.05) is 0 Å². The highest BCUT2D eigenvalue weighted by molar-refractivity contribution is 6.92. The third-order valence-electron chi connectivity index (χ3n) is 2.96. The predicted molar refractivity (Wildman–Crippen MR) is 62.9 cm³/mol. The van der Waals surface area contributed by atoms with E-state index >= 15 is 0 Å². The Kier molecular flexibility index (Phi) is 3.93. The lowest BCUT2D eigenvalue weighted by Gasteiger charge is -2.13. The molecule has 0 aliphatic carbocycles. The van der Waals surface area contributed by atoms with Gasteiger partial charge in [0.25, 0.3) is 0 Å². The van der Waals surface area contributed by atoms with Crippen LogP contribution in [-0.2, 0) is 0 Å². The van der Waals surface area contributed by atoms with Crippen LogP contribution in [0.5, 0.6) is 5.75 Å². The van der Waals surface area contributed by atoms with Crippen molar-refractivity contribution in [3.05, 3.63) is 27.8 Å². The number of hydrogen-bond donors (Lipinski definition) is 1. The zero-order chi connectivity index (χ0) is 9.46.